The zero-order chi connectivity index (χ0) is 18.1. The summed E-state index contributed by atoms with van der Waals surface area (Å²) in [5.41, 5.74) is 9.82. The van der Waals surface area contributed by atoms with Crippen LogP contribution in [0.3, 0.4) is 0 Å². The van der Waals surface area contributed by atoms with Crippen LogP contribution in [0.5, 0.6) is 11.6 Å². The number of nitrogens with zero attached hydrogens (tertiary/aromatic N) is 3. The Morgan fingerprint density at radius 2 is 1.88 bits per heavy atom. The summed E-state index contributed by atoms with van der Waals surface area (Å²) in [4.78, 5) is 12.9. The van der Waals surface area contributed by atoms with Crippen LogP contribution in [0.25, 0.3) is 10.2 Å². The molecule has 6 nitrogen and oxygen atoms in total. The monoisotopic (exact) mass is 363 g/mol. The van der Waals surface area contributed by atoms with Crippen LogP contribution in [0.2, 0.25) is 0 Å². The standard InChI is InChI=1S/C19H17N5OS/c1-11-7-8-13(9-12(11)2)25-18-16(20)17(21-10-22-18)24-19-23-14-5-3-4-6-15(14)26-19/h3-10H,20H2,1-2H3,(H,21,22,23,24). The van der Waals surface area contributed by atoms with Gasteiger partial charge in [-0.15, -0.1) is 0 Å². The fraction of sp³-hybridized carbons (Fsp3) is 0.105. The Kier molecular flexibility index (Phi) is 4.14. The van der Waals surface area contributed by atoms with E-state index >= 15 is 0 Å². The van der Waals surface area contributed by atoms with Gasteiger partial charge in [-0.3, -0.25) is 0 Å². The smallest absolute Gasteiger partial charge is 0.248 e. The van der Waals surface area contributed by atoms with Gasteiger partial charge >= 0.3 is 0 Å². The van der Waals surface area contributed by atoms with Crippen molar-refractivity contribution in [1.29, 1.82) is 0 Å². The second kappa shape index (κ2) is 6.61. The molecule has 0 atom stereocenters. The Labute approximate surface area is 154 Å². The van der Waals surface area contributed by atoms with Crippen molar-refractivity contribution in [1.82, 2.24) is 15.0 Å². The van der Waals surface area contributed by atoms with Crippen molar-refractivity contribution in [2.24, 2.45) is 0 Å². The van der Waals surface area contributed by atoms with Crippen LogP contribution in [-0.4, -0.2) is 15.0 Å². The van der Waals surface area contributed by atoms with Crippen LogP contribution in [0.15, 0.2) is 48.8 Å². The van der Waals surface area contributed by atoms with E-state index in [1.54, 1.807) is 0 Å². The van der Waals surface area contributed by atoms with E-state index in [9.17, 15) is 0 Å². The SMILES string of the molecule is Cc1ccc(Oc2ncnc(Nc3nc4ccccc4s3)c2N)cc1C. The maximum absolute atomic E-state index is 6.21. The number of anilines is 3. The minimum atomic E-state index is 0.312. The third-order valence-corrected chi connectivity index (χ3v) is 5.01. The number of thiazole rings is 1. The number of benzene rings is 2. The summed E-state index contributed by atoms with van der Waals surface area (Å²) < 4.78 is 6.94. The molecule has 130 valence electrons. The molecule has 0 spiro atoms. The maximum atomic E-state index is 6.21. The third-order valence-electron chi connectivity index (χ3n) is 4.06. The third kappa shape index (κ3) is 3.16. The maximum Gasteiger partial charge on any atom is 0.248 e. The number of nitrogens with one attached hydrogen (secondary N) is 1. The van der Waals surface area contributed by atoms with Crippen LogP contribution in [0, 0.1) is 13.8 Å². The minimum Gasteiger partial charge on any atom is -0.437 e. The van der Waals surface area contributed by atoms with E-state index in [1.165, 1.54) is 23.2 Å². The molecule has 26 heavy (non-hydrogen) atoms. The molecule has 4 aromatic rings. The van der Waals surface area contributed by atoms with Gasteiger partial charge in [-0.25, -0.2) is 9.97 Å². The molecule has 0 amide bonds. The molecule has 0 unspecified atom stereocenters. The van der Waals surface area contributed by atoms with Crippen LogP contribution in [-0.2, 0) is 0 Å². The highest BCUT2D eigenvalue weighted by Crippen LogP contribution is 2.33. The lowest BCUT2D eigenvalue weighted by molar-refractivity contribution is 0.464. The largest absolute Gasteiger partial charge is 0.437 e. The fourth-order valence-electron chi connectivity index (χ4n) is 2.48. The Balaban J connectivity index is 1.61. The highest BCUT2D eigenvalue weighted by molar-refractivity contribution is 7.22. The summed E-state index contributed by atoms with van der Waals surface area (Å²) in [6, 6.07) is 13.8. The predicted octanol–water partition coefficient (Wildman–Crippen LogP) is 4.82. The molecule has 4 rings (SSSR count). The first-order chi connectivity index (χ1) is 12.6. The number of hydrogen-bond acceptors (Lipinski definition) is 7. The van der Waals surface area contributed by atoms with E-state index in [-0.39, 0.29) is 0 Å². The summed E-state index contributed by atoms with van der Waals surface area (Å²) in [6.45, 7) is 4.09. The van der Waals surface area contributed by atoms with E-state index < -0.39 is 0 Å². The number of nitrogen functional groups attached to an aromatic ring is 1. The summed E-state index contributed by atoms with van der Waals surface area (Å²) in [5, 5.41) is 3.88. The van der Waals surface area contributed by atoms with Gasteiger partial charge in [-0.1, -0.05) is 29.5 Å². The van der Waals surface area contributed by atoms with Crippen molar-refractivity contribution >= 4 is 38.2 Å². The van der Waals surface area contributed by atoms with Gasteiger partial charge in [-0.2, -0.15) is 4.98 Å². The fourth-order valence-corrected chi connectivity index (χ4v) is 3.34. The number of fused-ring (bicyclic) bond motifs is 1. The molecular weight excluding hydrogens is 346 g/mol. The topological polar surface area (TPSA) is 86.0 Å². The predicted molar refractivity (Wildman–Crippen MR) is 105 cm³/mol. The summed E-state index contributed by atoms with van der Waals surface area (Å²) in [7, 11) is 0. The van der Waals surface area contributed by atoms with Gasteiger partial charge in [0.1, 0.15) is 17.8 Å². The number of hydrogen-bond donors (Lipinski definition) is 2. The normalized spacial score (nSPS) is 10.8. The van der Waals surface area contributed by atoms with Crippen molar-refractivity contribution in [2.45, 2.75) is 13.8 Å². The minimum absolute atomic E-state index is 0.312. The molecule has 0 fully saturated rings. The van der Waals surface area contributed by atoms with Crippen molar-refractivity contribution in [3.8, 4) is 11.6 Å². The van der Waals surface area contributed by atoms with Gasteiger partial charge in [0.2, 0.25) is 5.88 Å². The summed E-state index contributed by atoms with van der Waals surface area (Å²) in [5.74, 6) is 1.47. The van der Waals surface area contributed by atoms with Crippen molar-refractivity contribution in [3.05, 3.63) is 59.9 Å². The van der Waals surface area contributed by atoms with Crippen LogP contribution in [0.1, 0.15) is 11.1 Å². The lowest BCUT2D eigenvalue weighted by Gasteiger charge is -2.11. The molecule has 0 aliphatic heterocycles. The van der Waals surface area contributed by atoms with Gasteiger partial charge in [0.15, 0.2) is 10.9 Å². The molecule has 7 heteroatoms. The molecule has 3 N–H and O–H groups in total. The second-order valence-corrected chi connectivity index (χ2v) is 6.93. The van der Waals surface area contributed by atoms with Gasteiger partial charge in [-0.05, 0) is 49.2 Å². The molecule has 2 aromatic heterocycles. The molecule has 0 radical (unpaired) electrons. The Morgan fingerprint density at radius 3 is 2.69 bits per heavy atom. The Hall–Kier alpha value is -3.19. The van der Waals surface area contributed by atoms with Gasteiger partial charge < -0.3 is 15.8 Å². The highest BCUT2D eigenvalue weighted by Gasteiger charge is 2.13. The van der Waals surface area contributed by atoms with Crippen molar-refractivity contribution in [3.63, 3.8) is 0 Å². The average Bonchev–Trinajstić information content (AvgIpc) is 3.04. The average molecular weight is 363 g/mol. The van der Waals surface area contributed by atoms with Crippen molar-refractivity contribution in [2.75, 3.05) is 11.1 Å². The first kappa shape index (κ1) is 16.3. The first-order valence-electron chi connectivity index (χ1n) is 8.08. The molecule has 0 aliphatic carbocycles. The molecule has 0 saturated carbocycles. The zero-order valence-corrected chi connectivity index (χ0v) is 15.2. The van der Waals surface area contributed by atoms with E-state index in [0.717, 1.165) is 15.8 Å². The van der Waals surface area contributed by atoms with E-state index in [1.807, 2.05) is 49.4 Å². The van der Waals surface area contributed by atoms with Gasteiger partial charge in [0.25, 0.3) is 0 Å². The lowest BCUT2D eigenvalue weighted by Crippen LogP contribution is -2.03. The number of para-hydroxylation sites is 1. The van der Waals surface area contributed by atoms with Crippen LogP contribution < -0.4 is 15.8 Å². The quantitative estimate of drug-likeness (QED) is 0.540. The lowest BCUT2D eigenvalue weighted by atomic mass is 10.1. The molecule has 0 bridgehead atoms. The summed E-state index contributed by atoms with van der Waals surface area (Å²) in [6.07, 6.45) is 1.42. The second-order valence-electron chi connectivity index (χ2n) is 5.90. The van der Waals surface area contributed by atoms with E-state index in [2.05, 4.69) is 27.2 Å². The van der Waals surface area contributed by atoms with Gasteiger partial charge in [0, 0.05) is 0 Å². The number of aromatic nitrogens is 3. The number of nitrogens with two attached hydrogens (primary N) is 1. The number of rotatable bonds is 4. The molecule has 0 aliphatic rings. The molecular formula is C19H17N5OS. The molecule has 2 aromatic carbocycles. The first-order valence-corrected chi connectivity index (χ1v) is 8.90. The molecule has 0 saturated heterocycles. The Bertz CT molecular complexity index is 1060. The summed E-state index contributed by atoms with van der Waals surface area (Å²) >= 11 is 1.54. The van der Waals surface area contributed by atoms with E-state index in [4.69, 9.17) is 10.5 Å². The Morgan fingerprint density at radius 1 is 1.04 bits per heavy atom. The number of ether oxygens (including phenoxy) is 1. The van der Waals surface area contributed by atoms with Crippen LogP contribution >= 0.6 is 11.3 Å². The van der Waals surface area contributed by atoms with Gasteiger partial charge in [0.05, 0.1) is 10.2 Å². The number of aryl methyl sites for hydroxylation is 2. The van der Waals surface area contributed by atoms with E-state index in [0.29, 0.717) is 28.3 Å². The zero-order valence-electron chi connectivity index (χ0n) is 14.4. The van der Waals surface area contributed by atoms with Crippen molar-refractivity contribution < 1.29 is 4.74 Å². The van der Waals surface area contributed by atoms with Crippen LogP contribution in [0.4, 0.5) is 16.6 Å². The molecule has 2 heterocycles. The highest BCUT2D eigenvalue weighted by atomic mass is 32.1.